The van der Waals surface area contributed by atoms with Gasteiger partial charge in [0.1, 0.15) is 0 Å². The van der Waals surface area contributed by atoms with Crippen LogP contribution in [0.4, 0.5) is 17.6 Å². The maximum atomic E-state index is 12.7. The van der Waals surface area contributed by atoms with Crippen molar-refractivity contribution >= 4 is 0 Å². The quantitative estimate of drug-likeness (QED) is 0.546. The van der Waals surface area contributed by atoms with Crippen molar-refractivity contribution < 1.29 is 17.6 Å². The Kier molecular flexibility index (Phi) is 3.53. The summed E-state index contributed by atoms with van der Waals surface area (Å²) in [4.78, 5) is 0. The van der Waals surface area contributed by atoms with Crippen LogP contribution in [0.15, 0.2) is 11.6 Å². The van der Waals surface area contributed by atoms with Crippen LogP contribution in [-0.4, -0.2) is 24.9 Å². The van der Waals surface area contributed by atoms with Gasteiger partial charge in [-0.15, -0.1) is 0 Å². The molecule has 0 aromatic heterocycles. The van der Waals surface area contributed by atoms with Gasteiger partial charge in [-0.2, -0.15) is 8.78 Å². The monoisotopic (exact) mass is 211 g/mol. The summed E-state index contributed by atoms with van der Waals surface area (Å²) in [5, 5.41) is 2.95. The molecule has 1 unspecified atom stereocenters. The van der Waals surface area contributed by atoms with Crippen LogP contribution in [0, 0.1) is 0 Å². The molecule has 5 heteroatoms. The van der Waals surface area contributed by atoms with E-state index in [0.717, 1.165) is 13.0 Å². The molecule has 1 N–H and O–H groups in total. The van der Waals surface area contributed by atoms with Crippen LogP contribution in [0.5, 0.6) is 0 Å². The summed E-state index contributed by atoms with van der Waals surface area (Å²) in [6, 6.07) is -0.228. The standard InChI is InChI=1S/C9H13F4N/c1-6-7(3-2-4-14-6)5-9(12,13)8(10)11/h5-6,8,14H,2-4H2,1H3/b7-5+. The lowest BCUT2D eigenvalue weighted by atomic mass is 9.97. The fraction of sp³-hybridized carbons (Fsp3) is 0.778. The lowest BCUT2D eigenvalue weighted by Crippen LogP contribution is -2.35. The maximum Gasteiger partial charge on any atom is 0.326 e. The van der Waals surface area contributed by atoms with E-state index >= 15 is 0 Å². The first-order valence-corrected chi connectivity index (χ1v) is 4.54. The van der Waals surface area contributed by atoms with E-state index in [0.29, 0.717) is 18.1 Å². The summed E-state index contributed by atoms with van der Waals surface area (Å²) in [7, 11) is 0. The van der Waals surface area contributed by atoms with Crippen LogP contribution in [0.3, 0.4) is 0 Å². The zero-order valence-electron chi connectivity index (χ0n) is 7.87. The van der Waals surface area contributed by atoms with Gasteiger partial charge in [0.2, 0.25) is 0 Å². The van der Waals surface area contributed by atoms with Crippen molar-refractivity contribution in [1.82, 2.24) is 5.32 Å². The average Bonchev–Trinajstić information content (AvgIpc) is 2.08. The minimum Gasteiger partial charge on any atom is -0.311 e. The SMILES string of the molecule is CC1NCCC/C1=C\C(F)(F)C(F)F. The summed E-state index contributed by atoms with van der Waals surface area (Å²) in [5.41, 5.74) is 0.376. The predicted octanol–water partition coefficient (Wildman–Crippen LogP) is 2.59. The summed E-state index contributed by atoms with van der Waals surface area (Å²) < 4.78 is 49.1. The molecule has 1 saturated heterocycles. The second kappa shape index (κ2) is 4.29. The highest BCUT2D eigenvalue weighted by atomic mass is 19.3. The lowest BCUT2D eigenvalue weighted by molar-refractivity contribution is -0.0915. The zero-order chi connectivity index (χ0) is 10.8. The Morgan fingerprint density at radius 1 is 1.50 bits per heavy atom. The second-order valence-corrected chi connectivity index (χ2v) is 3.47. The molecule has 82 valence electrons. The van der Waals surface area contributed by atoms with Crippen LogP contribution >= 0.6 is 0 Å². The van der Waals surface area contributed by atoms with E-state index in [9.17, 15) is 17.6 Å². The Hall–Kier alpha value is -0.580. The van der Waals surface area contributed by atoms with Crippen LogP contribution < -0.4 is 5.32 Å². The number of allylic oxidation sites excluding steroid dienone is 1. The lowest BCUT2D eigenvalue weighted by Gasteiger charge is -2.25. The topological polar surface area (TPSA) is 12.0 Å². The van der Waals surface area contributed by atoms with Gasteiger partial charge < -0.3 is 5.32 Å². The number of rotatable bonds is 2. The van der Waals surface area contributed by atoms with E-state index in [-0.39, 0.29) is 6.04 Å². The number of hydrogen-bond acceptors (Lipinski definition) is 1. The minimum atomic E-state index is -4.00. The van der Waals surface area contributed by atoms with Crippen molar-refractivity contribution in [3.8, 4) is 0 Å². The molecule has 1 fully saturated rings. The first-order valence-electron chi connectivity index (χ1n) is 4.54. The normalized spacial score (nSPS) is 27.3. The Balaban J connectivity index is 2.74. The predicted molar refractivity (Wildman–Crippen MR) is 45.7 cm³/mol. The molecule has 1 nitrogen and oxygen atoms in total. The van der Waals surface area contributed by atoms with Gasteiger partial charge in [0.25, 0.3) is 0 Å². The maximum absolute atomic E-state index is 12.7. The van der Waals surface area contributed by atoms with Gasteiger partial charge >= 0.3 is 12.3 Å². The highest BCUT2D eigenvalue weighted by Gasteiger charge is 2.39. The fourth-order valence-corrected chi connectivity index (χ4v) is 1.47. The van der Waals surface area contributed by atoms with Crippen molar-refractivity contribution in [2.45, 2.75) is 38.2 Å². The summed E-state index contributed by atoms with van der Waals surface area (Å²) in [5.74, 6) is -4.00. The molecule has 0 aromatic rings. The molecular weight excluding hydrogens is 198 g/mol. The van der Waals surface area contributed by atoms with E-state index in [1.165, 1.54) is 0 Å². The molecule has 1 aliphatic heterocycles. The van der Waals surface area contributed by atoms with Gasteiger partial charge in [-0.3, -0.25) is 0 Å². The van der Waals surface area contributed by atoms with Crippen LogP contribution in [0.1, 0.15) is 19.8 Å². The zero-order valence-corrected chi connectivity index (χ0v) is 7.87. The summed E-state index contributed by atoms with van der Waals surface area (Å²) in [6.45, 7) is 2.45. The molecule has 0 amide bonds. The van der Waals surface area contributed by atoms with Crippen LogP contribution in [-0.2, 0) is 0 Å². The summed E-state index contributed by atoms with van der Waals surface area (Å²) >= 11 is 0. The molecule has 14 heavy (non-hydrogen) atoms. The van der Waals surface area contributed by atoms with E-state index < -0.39 is 12.3 Å². The minimum absolute atomic E-state index is 0.228. The average molecular weight is 211 g/mol. The molecule has 0 aliphatic carbocycles. The Morgan fingerprint density at radius 2 is 2.14 bits per heavy atom. The molecule has 1 heterocycles. The first-order chi connectivity index (χ1) is 6.43. The number of piperidine rings is 1. The summed E-state index contributed by atoms with van der Waals surface area (Å²) in [6.07, 6.45) is -2.02. The van der Waals surface area contributed by atoms with E-state index in [1.54, 1.807) is 6.92 Å². The van der Waals surface area contributed by atoms with Gasteiger partial charge in [0.05, 0.1) is 0 Å². The van der Waals surface area contributed by atoms with E-state index in [1.807, 2.05) is 0 Å². The largest absolute Gasteiger partial charge is 0.326 e. The van der Waals surface area contributed by atoms with Gasteiger partial charge in [0.15, 0.2) is 0 Å². The van der Waals surface area contributed by atoms with Crippen molar-refractivity contribution in [2.24, 2.45) is 0 Å². The van der Waals surface area contributed by atoms with Crippen molar-refractivity contribution in [1.29, 1.82) is 0 Å². The first kappa shape index (κ1) is 11.5. The van der Waals surface area contributed by atoms with E-state index in [2.05, 4.69) is 5.32 Å². The molecule has 0 aromatic carbocycles. The smallest absolute Gasteiger partial charge is 0.311 e. The number of halogens is 4. The van der Waals surface area contributed by atoms with Gasteiger partial charge in [-0.05, 0) is 32.4 Å². The van der Waals surface area contributed by atoms with Gasteiger partial charge in [0, 0.05) is 6.04 Å². The molecule has 0 saturated carbocycles. The van der Waals surface area contributed by atoms with Crippen LogP contribution in [0.2, 0.25) is 0 Å². The highest BCUT2D eigenvalue weighted by Crippen LogP contribution is 2.28. The Labute approximate surface area is 80.2 Å². The van der Waals surface area contributed by atoms with E-state index in [4.69, 9.17) is 0 Å². The molecular formula is C9H13F4N. The number of alkyl halides is 4. The molecule has 0 bridgehead atoms. The third-order valence-electron chi connectivity index (χ3n) is 2.32. The molecule has 1 atom stereocenters. The molecule has 0 spiro atoms. The molecule has 1 aliphatic rings. The highest BCUT2D eigenvalue weighted by molar-refractivity contribution is 5.16. The molecule has 0 radical (unpaired) electrons. The number of hydrogen-bond donors (Lipinski definition) is 1. The molecule has 1 rings (SSSR count). The number of nitrogens with one attached hydrogen (secondary N) is 1. The van der Waals surface area contributed by atoms with Crippen molar-refractivity contribution in [3.63, 3.8) is 0 Å². The Bertz CT molecular complexity index is 225. The van der Waals surface area contributed by atoms with Gasteiger partial charge in [-0.1, -0.05) is 5.57 Å². The van der Waals surface area contributed by atoms with Crippen molar-refractivity contribution in [2.75, 3.05) is 6.54 Å². The van der Waals surface area contributed by atoms with Crippen molar-refractivity contribution in [3.05, 3.63) is 11.6 Å². The third kappa shape index (κ3) is 2.70. The van der Waals surface area contributed by atoms with Gasteiger partial charge in [-0.25, -0.2) is 8.78 Å². The Morgan fingerprint density at radius 3 is 2.64 bits per heavy atom. The van der Waals surface area contributed by atoms with Crippen LogP contribution in [0.25, 0.3) is 0 Å². The fourth-order valence-electron chi connectivity index (χ4n) is 1.47. The second-order valence-electron chi connectivity index (χ2n) is 3.47. The third-order valence-corrected chi connectivity index (χ3v) is 2.32.